The van der Waals surface area contributed by atoms with E-state index in [4.69, 9.17) is 11.5 Å². The molecule has 0 aliphatic rings. The summed E-state index contributed by atoms with van der Waals surface area (Å²) >= 11 is 0. The van der Waals surface area contributed by atoms with Gasteiger partial charge in [0.15, 0.2) is 0 Å². The van der Waals surface area contributed by atoms with Crippen LogP contribution in [0.3, 0.4) is 0 Å². The van der Waals surface area contributed by atoms with Gasteiger partial charge in [-0.2, -0.15) is 0 Å². The lowest BCUT2D eigenvalue weighted by Crippen LogP contribution is -2.02. The third-order valence-electron chi connectivity index (χ3n) is 10.3. The first-order chi connectivity index (χ1) is 23.6. The van der Waals surface area contributed by atoms with E-state index in [9.17, 15) is 0 Å². The number of benzene rings is 4. The Hall–Kier alpha value is -3.52. The lowest BCUT2D eigenvalue weighted by atomic mass is 9.86. The summed E-state index contributed by atoms with van der Waals surface area (Å²) in [6, 6.07) is 36.1. The molecular formula is C46H64N2. The van der Waals surface area contributed by atoms with Gasteiger partial charge in [0.2, 0.25) is 0 Å². The molecule has 0 heterocycles. The Morgan fingerprint density at radius 3 is 0.958 bits per heavy atom. The van der Waals surface area contributed by atoms with E-state index in [0.717, 1.165) is 11.4 Å². The Morgan fingerprint density at radius 2 is 0.646 bits per heavy atom. The van der Waals surface area contributed by atoms with E-state index in [1.807, 2.05) is 24.3 Å². The molecule has 258 valence electrons. The summed E-state index contributed by atoms with van der Waals surface area (Å²) in [4.78, 5) is 0. The summed E-state index contributed by atoms with van der Waals surface area (Å²) in [5, 5.41) is 0. The molecule has 0 saturated heterocycles. The second kappa shape index (κ2) is 21.5. The molecule has 0 radical (unpaired) electrons. The van der Waals surface area contributed by atoms with Gasteiger partial charge >= 0.3 is 0 Å². The fraction of sp³-hybridized carbons (Fsp3) is 0.478. The normalized spacial score (nSPS) is 12.6. The van der Waals surface area contributed by atoms with Gasteiger partial charge in [-0.3, -0.25) is 0 Å². The highest BCUT2D eigenvalue weighted by molar-refractivity contribution is 5.44. The number of rotatable bonds is 23. The van der Waals surface area contributed by atoms with E-state index in [0.29, 0.717) is 11.8 Å². The van der Waals surface area contributed by atoms with E-state index in [1.54, 1.807) is 0 Å². The summed E-state index contributed by atoms with van der Waals surface area (Å²) in [5.41, 5.74) is 22.2. The first-order valence-electron chi connectivity index (χ1n) is 19.5. The Labute approximate surface area is 293 Å². The molecule has 0 aliphatic heterocycles. The van der Waals surface area contributed by atoms with Crippen molar-refractivity contribution in [3.05, 3.63) is 130 Å². The van der Waals surface area contributed by atoms with Crippen LogP contribution in [-0.4, -0.2) is 0 Å². The van der Waals surface area contributed by atoms with Gasteiger partial charge in [0.1, 0.15) is 0 Å². The maximum atomic E-state index is 5.97. The number of aryl methyl sites for hydroxylation is 2. The molecule has 0 saturated carbocycles. The number of nitrogen functional groups attached to an aromatic ring is 2. The van der Waals surface area contributed by atoms with Crippen molar-refractivity contribution < 1.29 is 0 Å². The zero-order valence-electron chi connectivity index (χ0n) is 30.3. The highest BCUT2D eigenvalue weighted by atomic mass is 14.5. The van der Waals surface area contributed by atoms with Crippen molar-refractivity contribution >= 4 is 11.4 Å². The first kappa shape index (κ1) is 37.3. The van der Waals surface area contributed by atoms with E-state index in [2.05, 4.69) is 86.6 Å². The molecular weight excluding hydrogens is 581 g/mol. The van der Waals surface area contributed by atoms with E-state index < -0.39 is 0 Å². The fourth-order valence-electron chi connectivity index (χ4n) is 7.26. The van der Waals surface area contributed by atoms with Crippen LogP contribution >= 0.6 is 0 Å². The van der Waals surface area contributed by atoms with Crippen LogP contribution in [0, 0.1) is 0 Å². The average molecular weight is 645 g/mol. The van der Waals surface area contributed by atoms with Crippen molar-refractivity contribution in [1.82, 2.24) is 0 Å². The van der Waals surface area contributed by atoms with Crippen LogP contribution < -0.4 is 11.5 Å². The molecule has 2 unspecified atom stereocenters. The van der Waals surface area contributed by atoms with Gasteiger partial charge in [-0.15, -0.1) is 0 Å². The first-order valence-corrected chi connectivity index (χ1v) is 19.5. The largest absolute Gasteiger partial charge is 0.399 e. The second-order valence-electron chi connectivity index (χ2n) is 14.2. The molecule has 4 aromatic carbocycles. The molecule has 4 rings (SSSR count). The van der Waals surface area contributed by atoms with Crippen LogP contribution in [-0.2, 0) is 12.8 Å². The van der Waals surface area contributed by atoms with Crippen molar-refractivity contribution in [1.29, 1.82) is 0 Å². The predicted octanol–water partition coefficient (Wildman–Crippen LogP) is 13.2. The number of hydrogen-bond acceptors (Lipinski definition) is 2. The zero-order chi connectivity index (χ0) is 33.8. The van der Waals surface area contributed by atoms with Gasteiger partial charge in [0.25, 0.3) is 0 Å². The monoisotopic (exact) mass is 645 g/mol. The molecule has 0 fully saturated rings. The molecule has 2 nitrogen and oxygen atoms in total. The smallest absolute Gasteiger partial charge is 0.0314 e. The van der Waals surface area contributed by atoms with Gasteiger partial charge < -0.3 is 11.5 Å². The van der Waals surface area contributed by atoms with Crippen LogP contribution in [0.5, 0.6) is 0 Å². The van der Waals surface area contributed by atoms with E-state index in [-0.39, 0.29) is 0 Å². The van der Waals surface area contributed by atoms with Gasteiger partial charge in [0.05, 0.1) is 0 Å². The van der Waals surface area contributed by atoms with Gasteiger partial charge in [-0.25, -0.2) is 0 Å². The molecule has 2 atom stereocenters. The molecule has 0 aliphatic carbocycles. The number of hydrogen-bond donors (Lipinski definition) is 2. The lowest BCUT2D eigenvalue weighted by molar-refractivity contribution is 0.567. The topological polar surface area (TPSA) is 52.0 Å². The average Bonchev–Trinajstić information content (AvgIpc) is 3.11. The zero-order valence-corrected chi connectivity index (χ0v) is 30.3. The highest BCUT2D eigenvalue weighted by Gasteiger charge is 2.15. The quantitative estimate of drug-likeness (QED) is 0.0623. The third kappa shape index (κ3) is 12.8. The Kier molecular flexibility index (Phi) is 16.7. The number of anilines is 2. The van der Waals surface area contributed by atoms with Crippen molar-refractivity contribution in [2.75, 3.05) is 11.5 Å². The number of unbranched alkanes of at least 4 members (excludes halogenated alkanes) is 11. The van der Waals surface area contributed by atoms with Crippen molar-refractivity contribution in [2.45, 2.75) is 141 Å². The minimum atomic E-state index is 0.463. The maximum Gasteiger partial charge on any atom is 0.0314 e. The second-order valence-corrected chi connectivity index (χ2v) is 14.2. The summed E-state index contributed by atoms with van der Waals surface area (Å²) in [7, 11) is 0. The Balaban J connectivity index is 1.09. The molecule has 0 amide bonds. The van der Waals surface area contributed by atoms with Gasteiger partial charge in [-0.1, -0.05) is 164 Å². The molecule has 0 spiro atoms. The van der Waals surface area contributed by atoms with Crippen molar-refractivity contribution in [2.24, 2.45) is 0 Å². The SMILES string of the molecule is CCCCCC(c1ccc(N)cc1)c1ccc(CCCCCCCCCCc2ccc(C(CCCCC)c3ccc(N)cc3)cc2)cc1. The molecule has 0 bridgehead atoms. The Morgan fingerprint density at radius 1 is 0.354 bits per heavy atom. The van der Waals surface area contributed by atoms with Gasteiger partial charge in [0, 0.05) is 23.2 Å². The standard InChI is InChI=1S/C46H64N2/c1-3-5-13-19-45(41-29-33-43(47)34-30-41)39-25-21-37(22-26-39)17-15-11-9-7-8-10-12-16-18-38-23-27-40(28-24-38)46(20-14-6-4-2)42-31-35-44(48)36-32-42/h21-36,45-46H,3-20,47-48H2,1-2H3. The van der Waals surface area contributed by atoms with E-state index in [1.165, 1.54) is 149 Å². The highest BCUT2D eigenvalue weighted by Crippen LogP contribution is 2.32. The molecule has 48 heavy (non-hydrogen) atoms. The summed E-state index contributed by atoms with van der Waals surface area (Å²) in [6.07, 6.45) is 23.2. The summed E-state index contributed by atoms with van der Waals surface area (Å²) in [5.74, 6) is 0.927. The van der Waals surface area contributed by atoms with E-state index >= 15 is 0 Å². The maximum absolute atomic E-state index is 5.97. The van der Waals surface area contributed by atoms with Crippen LogP contribution in [0.2, 0.25) is 0 Å². The van der Waals surface area contributed by atoms with Crippen molar-refractivity contribution in [3.63, 3.8) is 0 Å². The Bertz CT molecular complexity index is 1280. The predicted molar refractivity (Wildman–Crippen MR) is 211 cm³/mol. The summed E-state index contributed by atoms with van der Waals surface area (Å²) in [6.45, 7) is 4.56. The van der Waals surface area contributed by atoms with Crippen LogP contribution in [0.25, 0.3) is 0 Å². The van der Waals surface area contributed by atoms with Crippen molar-refractivity contribution in [3.8, 4) is 0 Å². The van der Waals surface area contributed by atoms with Crippen LogP contribution in [0.15, 0.2) is 97.1 Å². The molecule has 4 aromatic rings. The van der Waals surface area contributed by atoms with Crippen LogP contribution in [0.1, 0.15) is 162 Å². The van der Waals surface area contributed by atoms with Crippen LogP contribution in [0.4, 0.5) is 11.4 Å². The lowest BCUT2D eigenvalue weighted by Gasteiger charge is -2.19. The fourth-order valence-corrected chi connectivity index (χ4v) is 7.26. The minimum Gasteiger partial charge on any atom is -0.399 e. The van der Waals surface area contributed by atoms with Gasteiger partial charge in [-0.05, 0) is 96.2 Å². The molecule has 4 N–H and O–H groups in total. The molecule has 2 heteroatoms. The minimum absolute atomic E-state index is 0.463. The third-order valence-corrected chi connectivity index (χ3v) is 10.3. The number of nitrogens with two attached hydrogens (primary N) is 2. The molecule has 0 aromatic heterocycles. The summed E-state index contributed by atoms with van der Waals surface area (Å²) < 4.78 is 0.